The lowest BCUT2D eigenvalue weighted by Gasteiger charge is -2.22. The van der Waals surface area contributed by atoms with E-state index < -0.39 is 0 Å². The fraction of sp³-hybridized carbons (Fsp3) is 0.364. The number of fused-ring (bicyclic) bond motifs is 1. The number of carbonyl (C=O) groups excluding carboxylic acids is 1. The fourth-order valence-electron chi connectivity index (χ4n) is 2.91. The molecule has 0 aliphatic rings. The molecule has 0 radical (unpaired) electrons. The summed E-state index contributed by atoms with van der Waals surface area (Å²) >= 11 is 1.52. The number of anilines is 1. The number of likely N-dealkylation sites (N-methyl/N-ethyl adjacent to an activating group) is 1. The zero-order valence-corrected chi connectivity index (χ0v) is 18.2. The van der Waals surface area contributed by atoms with Crippen LogP contribution >= 0.6 is 11.3 Å². The first-order valence-corrected chi connectivity index (χ1v) is 10.4. The molecule has 0 saturated carbocycles. The number of thiazole rings is 1. The van der Waals surface area contributed by atoms with Gasteiger partial charge in [0.15, 0.2) is 5.13 Å². The molecule has 0 saturated heterocycles. The lowest BCUT2D eigenvalue weighted by atomic mass is 10.1. The summed E-state index contributed by atoms with van der Waals surface area (Å²) in [6, 6.07) is 13.4. The van der Waals surface area contributed by atoms with Gasteiger partial charge in [-0.3, -0.25) is 9.69 Å². The molecule has 7 heteroatoms. The van der Waals surface area contributed by atoms with E-state index in [-0.39, 0.29) is 5.91 Å². The summed E-state index contributed by atoms with van der Waals surface area (Å²) in [5, 5.41) is 0.717. The van der Waals surface area contributed by atoms with Crippen LogP contribution in [0.5, 0.6) is 11.5 Å². The summed E-state index contributed by atoms with van der Waals surface area (Å²) in [6.45, 7) is 3.92. The number of methoxy groups -OCH3 is 1. The van der Waals surface area contributed by atoms with Gasteiger partial charge in [0.05, 0.1) is 30.4 Å². The molecule has 0 N–H and O–H groups in total. The van der Waals surface area contributed by atoms with E-state index in [1.54, 1.807) is 12.0 Å². The van der Waals surface area contributed by atoms with Crippen LogP contribution in [0.2, 0.25) is 0 Å². The summed E-state index contributed by atoms with van der Waals surface area (Å²) < 4.78 is 11.8. The molecule has 6 nitrogen and oxygen atoms in total. The Morgan fingerprint density at radius 2 is 1.79 bits per heavy atom. The Balaban J connectivity index is 1.85. The van der Waals surface area contributed by atoms with Crippen LogP contribution in [0.25, 0.3) is 10.2 Å². The average Bonchev–Trinajstić information content (AvgIpc) is 3.11. The van der Waals surface area contributed by atoms with Gasteiger partial charge in [0.1, 0.15) is 11.5 Å². The van der Waals surface area contributed by atoms with Gasteiger partial charge in [-0.15, -0.1) is 0 Å². The molecule has 0 aliphatic heterocycles. The Hall–Kier alpha value is -2.64. The molecule has 1 heterocycles. The van der Waals surface area contributed by atoms with Gasteiger partial charge in [-0.1, -0.05) is 23.5 Å². The quantitative estimate of drug-likeness (QED) is 0.533. The second-order valence-corrected chi connectivity index (χ2v) is 7.94. The predicted octanol–water partition coefficient (Wildman–Crippen LogP) is 3.84. The van der Waals surface area contributed by atoms with E-state index in [4.69, 9.17) is 14.5 Å². The molecule has 0 aliphatic carbocycles. The molecule has 0 spiro atoms. The zero-order chi connectivity index (χ0) is 20.8. The Kier molecular flexibility index (Phi) is 7.06. The monoisotopic (exact) mass is 413 g/mol. The molecular formula is C22H27N3O3S. The minimum atomic E-state index is 0.0288. The van der Waals surface area contributed by atoms with Gasteiger partial charge in [-0.2, -0.15) is 0 Å². The summed E-state index contributed by atoms with van der Waals surface area (Å²) in [5.41, 5.74) is 1.82. The van der Waals surface area contributed by atoms with E-state index >= 15 is 0 Å². The number of benzene rings is 2. The van der Waals surface area contributed by atoms with Crippen molar-refractivity contribution < 1.29 is 14.3 Å². The number of rotatable bonds is 9. The number of nitrogens with zero attached hydrogens (tertiary/aromatic N) is 3. The summed E-state index contributed by atoms with van der Waals surface area (Å²) in [5.74, 6) is 1.63. The van der Waals surface area contributed by atoms with Gasteiger partial charge in [-0.25, -0.2) is 4.98 Å². The number of hydrogen-bond acceptors (Lipinski definition) is 6. The van der Waals surface area contributed by atoms with E-state index in [1.807, 2.05) is 63.5 Å². The zero-order valence-electron chi connectivity index (χ0n) is 17.3. The Labute approximate surface area is 175 Å². The smallest absolute Gasteiger partial charge is 0.233 e. The number of amides is 1. The topological polar surface area (TPSA) is 54.9 Å². The molecule has 0 fully saturated rings. The Bertz CT molecular complexity index is 954. The van der Waals surface area contributed by atoms with Crippen molar-refractivity contribution in [2.24, 2.45) is 0 Å². The number of aromatic nitrogens is 1. The molecular weight excluding hydrogens is 386 g/mol. The van der Waals surface area contributed by atoms with E-state index in [9.17, 15) is 4.79 Å². The molecule has 29 heavy (non-hydrogen) atoms. The summed E-state index contributed by atoms with van der Waals surface area (Å²) in [6.07, 6.45) is 0.317. The third-order valence-corrected chi connectivity index (χ3v) is 5.52. The molecule has 0 bridgehead atoms. The third-order valence-electron chi connectivity index (χ3n) is 4.48. The Morgan fingerprint density at radius 3 is 2.45 bits per heavy atom. The lowest BCUT2D eigenvalue weighted by molar-refractivity contribution is -0.118. The second-order valence-electron chi connectivity index (χ2n) is 6.93. The maximum atomic E-state index is 13.1. The van der Waals surface area contributed by atoms with Crippen molar-refractivity contribution in [3.8, 4) is 11.5 Å². The largest absolute Gasteiger partial charge is 0.497 e. The second kappa shape index (κ2) is 9.71. The molecule has 0 unspecified atom stereocenters. The average molecular weight is 414 g/mol. The van der Waals surface area contributed by atoms with Gasteiger partial charge >= 0.3 is 0 Å². The van der Waals surface area contributed by atoms with Gasteiger partial charge < -0.3 is 14.4 Å². The standard InChI is InChI=1S/C22H27N3O3S/c1-5-28-18-10-11-19-20(15-18)29-22(23-19)25(13-12-24(2)3)21(26)14-16-6-8-17(27-4)9-7-16/h6-11,15H,5,12-14H2,1-4H3. The van der Waals surface area contributed by atoms with Crippen LogP contribution in [0, 0.1) is 0 Å². The van der Waals surface area contributed by atoms with Crippen LogP contribution in [-0.2, 0) is 11.2 Å². The minimum absolute atomic E-state index is 0.0288. The highest BCUT2D eigenvalue weighted by Crippen LogP contribution is 2.32. The number of ether oxygens (including phenoxy) is 2. The van der Waals surface area contributed by atoms with Crippen molar-refractivity contribution in [2.45, 2.75) is 13.3 Å². The summed E-state index contributed by atoms with van der Waals surface area (Å²) in [7, 11) is 5.63. The summed E-state index contributed by atoms with van der Waals surface area (Å²) in [4.78, 5) is 21.7. The van der Waals surface area contributed by atoms with Crippen molar-refractivity contribution in [1.82, 2.24) is 9.88 Å². The molecule has 154 valence electrons. The fourth-order valence-corrected chi connectivity index (χ4v) is 3.94. The number of hydrogen-bond donors (Lipinski definition) is 0. The van der Waals surface area contributed by atoms with Crippen LogP contribution < -0.4 is 14.4 Å². The Morgan fingerprint density at radius 1 is 1.07 bits per heavy atom. The van der Waals surface area contributed by atoms with Crippen molar-refractivity contribution >= 4 is 32.6 Å². The van der Waals surface area contributed by atoms with Crippen LogP contribution in [0.15, 0.2) is 42.5 Å². The van der Waals surface area contributed by atoms with Crippen molar-refractivity contribution in [2.75, 3.05) is 45.8 Å². The van der Waals surface area contributed by atoms with Gasteiger partial charge in [0.25, 0.3) is 0 Å². The van der Waals surface area contributed by atoms with Gasteiger partial charge in [0.2, 0.25) is 5.91 Å². The first-order chi connectivity index (χ1) is 14.0. The highest BCUT2D eigenvalue weighted by atomic mass is 32.1. The highest BCUT2D eigenvalue weighted by Gasteiger charge is 2.20. The van der Waals surface area contributed by atoms with Crippen molar-refractivity contribution in [3.05, 3.63) is 48.0 Å². The highest BCUT2D eigenvalue weighted by molar-refractivity contribution is 7.22. The van der Waals surface area contributed by atoms with E-state index in [1.165, 1.54) is 11.3 Å². The van der Waals surface area contributed by atoms with Gasteiger partial charge in [0, 0.05) is 13.1 Å². The molecule has 2 aromatic carbocycles. The molecule has 0 atom stereocenters. The van der Waals surface area contributed by atoms with Crippen LogP contribution in [0.4, 0.5) is 5.13 Å². The SMILES string of the molecule is CCOc1ccc2nc(N(CCN(C)C)C(=O)Cc3ccc(OC)cc3)sc2c1. The van der Waals surface area contributed by atoms with Crippen LogP contribution in [0.1, 0.15) is 12.5 Å². The van der Waals surface area contributed by atoms with E-state index in [0.717, 1.165) is 33.8 Å². The first kappa shape index (κ1) is 21.1. The lowest BCUT2D eigenvalue weighted by Crippen LogP contribution is -2.37. The van der Waals surface area contributed by atoms with Crippen molar-refractivity contribution in [1.29, 1.82) is 0 Å². The molecule has 1 aromatic heterocycles. The maximum absolute atomic E-state index is 13.1. The maximum Gasteiger partial charge on any atom is 0.233 e. The van der Waals surface area contributed by atoms with E-state index in [2.05, 4.69) is 4.90 Å². The van der Waals surface area contributed by atoms with Gasteiger partial charge in [-0.05, 0) is 56.9 Å². The normalized spacial score (nSPS) is 11.1. The minimum Gasteiger partial charge on any atom is -0.497 e. The van der Waals surface area contributed by atoms with Crippen LogP contribution in [0.3, 0.4) is 0 Å². The predicted molar refractivity (Wildman–Crippen MR) is 118 cm³/mol. The number of carbonyl (C=O) groups is 1. The molecule has 1 amide bonds. The van der Waals surface area contributed by atoms with Crippen molar-refractivity contribution in [3.63, 3.8) is 0 Å². The molecule has 3 rings (SSSR count). The third kappa shape index (κ3) is 5.46. The first-order valence-electron chi connectivity index (χ1n) is 9.61. The van der Waals surface area contributed by atoms with Crippen LogP contribution in [-0.4, -0.2) is 56.7 Å². The molecule has 3 aromatic rings. The van der Waals surface area contributed by atoms with E-state index in [0.29, 0.717) is 24.7 Å².